The Morgan fingerprint density at radius 3 is 2.33 bits per heavy atom. The van der Waals surface area contributed by atoms with Crippen molar-refractivity contribution in [3.63, 3.8) is 0 Å². The van der Waals surface area contributed by atoms with Crippen LogP contribution in [0.4, 0.5) is 33.1 Å². The first-order valence-corrected chi connectivity index (χ1v) is 8.05. The lowest BCUT2D eigenvalue weighted by Crippen LogP contribution is -2.05. The van der Waals surface area contributed by atoms with E-state index in [2.05, 4.69) is 36.5 Å². The van der Waals surface area contributed by atoms with Crippen LogP contribution in [-0.2, 0) is 0 Å². The zero-order valence-electron chi connectivity index (χ0n) is 12.2. The second kappa shape index (κ2) is 7.02. The zero-order chi connectivity index (χ0) is 17.1. The molecule has 1 aromatic heterocycles. The fourth-order valence-corrected chi connectivity index (χ4v) is 2.44. The number of nitrogen functional groups attached to an aromatic ring is 1. The molecule has 0 aliphatic heterocycles. The van der Waals surface area contributed by atoms with E-state index < -0.39 is 5.82 Å². The van der Waals surface area contributed by atoms with Crippen molar-refractivity contribution < 1.29 is 4.39 Å². The summed E-state index contributed by atoms with van der Waals surface area (Å²) in [5.41, 5.74) is 7.39. The smallest absolute Gasteiger partial charge is 0.159 e. The molecule has 122 valence electrons. The Morgan fingerprint density at radius 2 is 1.67 bits per heavy atom. The fourth-order valence-electron chi connectivity index (χ4n) is 1.98. The summed E-state index contributed by atoms with van der Waals surface area (Å²) < 4.78 is 14.6. The van der Waals surface area contributed by atoms with E-state index in [0.29, 0.717) is 21.1 Å². The van der Waals surface area contributed by atoms with Crippen LogP contribution in [-0.4, -0.2) is 9.97 Å². The maximum atomic E-state index is 13.9. The van der Waals surface area contributed by atoms with Gasteiger partial charge in [0.05, 0.1) is 5.69 Å². The van der Waals surface area contributed by atoms with Gasteiger partial charge in [0.25, 0.3) is 0 Å². The average Bonchev–Trinajstić information content (AvgIpc) is 2.55. The number of nitrogens with zero attached hydrogens (tertiary/aromatic N) is 2. The number of anilines is 5. The van der Waals surface area contributed by atoms with Gasteiger partial charge in [-0.15, -0.1) is 0 Å². The summed E-state index contributed by atoms with van der Waals surface area (Å²) in [6.45, 7) is 0. The standard InChI is InChI=1S/C16H12BrClFN5/c17-9-1-6-13(12(19)7-9)24-16-14(20)15(21-8-22-16)23-11-4-2-10(18)3-5-11/h1-8H,20H2,(H2,21,22,23,24). The van der Waals surface area contributed by atoms with E-state index >= 15 is 0 Å². The highest BCUT2D eigenvalue weighted by Gasteiger charge is 2.11. The Bertz CT molecular complexity index is 873. The second-order valence-electron chi connectivity index (χ2n) is 4.87. The number of benzene rings is 2. The molecule has 0 aliphatic carbocycles. The number of hydrogen-bond donors (Lipinski definition) is 3. The lowest BCUT2D eigenvalue weighted by molar-refractivity contribution is 0.631. The Balaban J connectivity index is 1.86. The van der Waals surface area contributed by atoms with Crippen molar-refractivity contribution in [3.05, 3.63) is 64.1 Å². The Hall–Kier alpha value is -2.38. The number of nitrogens with one attached hydrogen (secondary N) is 2. The molecule has 1 heterocycles. The molecule has 0 amide bonds. The summed E-state index contributed by atoms with van der Waals surface area (Å²) in [7, 11) is 0. The minimum Gasteiger partial charge on any atom is -0.393 e. The normalized spacial score (nSPS) is 10.5. The van der Waals surface area contributed by atoms with Crippen LogP contribution in [0, 0.1) is 5.82 Å². The number of nitrogens with two attached hydrogens (primary N) is 1. The molecule has 4 N–H and O–H groups in total. The third-order valence-electron chi connectivity index (χ3n) is 3.18. The quantitative estimate of drug-likeness (QED) is 0.560. The molecule has 2 aromatic carbocycles. The van der Waals surface area contributed by atoms with Gasteiger partial charge in [-0.05, 0) is 42.5 Å². The van der Waals surface area contributed by atoms with E-state index in [0.717, 1.165) is 5.69 Å². The average molecular weight is 409 g/mol. The maximum Gasteiger partial charge on any atom is 0.159 e. The molecular formula is C16H12BrClFN5. The fraction of sp³-hybridized carbons (Fsp3) is 0. The first-order valence-electron chi connectivity index (χ1n) is 6.88. The maximum absolute atomic E-state index is 13.9. The highest BCUT2D eigenvalue weighted by atomic mass is 79.9. The summed E-state index contributed by atoms with van der Waals surface area (Å²) in [5, 5.41) is 6.57. The second-order valence-corrected chi connectivity index (χ2v) is 6.22. The van der Waals surface area contributed by atoms with Gasteiger partial charge >= 0.3 is 0 Å². The van der Waals surface area contributed by atoms with Gasteiger partial charge < -0.3 is 16.4 Å². The van der Waals surface area contributed by atoms with Crippen LogP contribution in [0.3, 0.4) is 0 Å². The van der Waals surface area contributed by atoms with Gasteiger partial charge in [-0.2, -0.15) is 0 Å². The van der Waals surface area contributed by atoms with E-state index in [1.165, 1.54) is 12.4 Å². The summed E-state index contributed by atoms with van der Waals surface area (Å²) in [6, 6.07) is 11.8. The van der Waals surface area contributed by atoms with Crippen molar-refractivity contribution in [2.45, 2.75) is 0 Å². The van der Waals surface area contributed by atoms with E-state index in [4.69, 9.17) is 17.3 Å². The highest BCUT2D eigenvalue weighted by Crippen LogP contribution is 2.30. The van der Waals surface area contributed by atoms with E-state index in [9.17, 15) is 4.39 Å². The lowest BCUT2D eigenvalue weighted by Gasteiger charge is -2.13. The molecule has 0 aliphatic rings. The molecule has 8 heteroatoms. The number of hydrogen-bond acceptors (Lipinski definition) is 5. The van der Waals surface area contributed by atoms with Gasteiger partial charge in [0.1, 0.15) is 17.8 Å². The van der Waals surface area contributed by atoms with Gasteiger partial charge in [-0.3, -0.25) is 0 Å². The summed E-state index contributed by atoms with van der Waals surface area (Å²) in [6.07, 6.45) is 1.34. The number of halogens is 3. The lowest BCUT2D eigenvalue weighted by atomic mass is 10.3. The van der Waals surface area contributed by atoms with Crippen molar-refractivity contribution in [2.24, 2.45) is 0 Å². The molecule has 0 spiro atoms. The molecule has 5 nitrogen and oxygen atoms in total. The van der Waals surface area contributed by atoms with E-state index in [1.54, 1.807) is 36.4 Å². The van der Waals surface area contributed by atoms with Gasteiger partial charge in [-0.25, -0.2) is 14.4 Å². The molecule has 3 rings (SSSR count). The van der Waals surface area contributed by atoms with Crippen LogP contribution in [0.25, 0.3) is 0 Å². The van der Waals surface area contributed by atoms with Gasteiger partial charge in [0, 0.05) is 15.2 Å². The predicted octanol–water partition coefficient (Wildman–Crippen LogP) is 5.10. The van der Waals surface area contributed by atoms with Crippen molar-refractivity contribution in [1.29, 1.82) is 0 Å². The summed E-state index contributed by atoms with van der Waals surface area (Å²) in [5.74, 6) is 0.296. The molecule has 0 atom stereocenters. The number of rotatable bonds is 4. The molecule has 0 fully saturated rings. The van der Waals surface area contributed by atoms with E-state index in [-0.39, 0.29) is 11.4 Å². The Labute approximate surface area is 151 Å². The predicted molar refractivity (Wildman–Crippen MR) is 98.6 cm³/mol. The molecule has 0 unspecified atom stereocenters. The first-order chi connectivity index (χ1) is 11.5. The van der Waals surface area contributed by atoms with Gasteiger partial charge in [-0.1, -0.05) is 27.5 Å². The molecule has 24 heavy (non-hydrogen) atoms. The van der Waals surface area contributed by atoms with Gasteiger partial charge in [0.15, 0.2) is 11.6 Å². The van der Waals surface area contributed by atoms with Gasteiger partial charge in [0.2, 0.25) is 0 Å². The molecular weight excluding hydrogens is 397 g/mol. The Kier molecular flexibility index (Phi) is 4.82. The molecule has 0 saturated carbocycles. The largest absolute Gasteiger partial charge is 0.393 e. The van der Waals surface area contributed by atoms with Crippen LogP contribution in [0.2, 0.25) is 5.02 Å². The highest BCUT2D eigenvalue weighted by molar-refractivity contribution is 9.10. The van der Waals surface area contributed by atoms with Crippen molar-refractivity contribution in [2.75, 3.05) is 16.4 Å². The van der Waals surface area contributed by atoms with Crippen LogP contribution in [0.1, 0.15) is 0 Å². The monoisotopic (exact) mass is 407 g/mol. The molecule has 3 aromatic rings. The Morgan fingerprint density at radius 1 is 1.00 bits per heavy atom. The zero-order valence-corrected chi connectivity index (χ0v) is 14.6. The third-order valence-corrected chi connectivity index (χ3v) is 3.92. The molecule has 0 radical (unpaired) electrons. The van der Waals surface area contributed by atoms with Crippen LogP contribution < -0.4 is 16.4 Å². The van der Waals surface area contributed by atoms with Crippen LogP contribution in [0.5, 0.6) is 0 Å². The van der Waals surface area contributed by atoms with Crippen molar-refractivity contribution in [1.82, 2.24) is 9.97 Å². The number of aromatic nitrogens is 2. The van der Waals surface area contributed by atoms with Crippen LogP contribution in [0.15, 0.2) is 53.3 Å². The molecule has 0 saturated heterocycles. The summed E-state index contributed by atoms with van der Waals surface area (Å²) in [4.78, 5) is 8.18. The van der Waals surface area contributed by atoms with Crippen LogP contribution >= 0.6 is 27.5 Å². The van der Waals surface area contributed by atoms with E-state index in [1.807, 2.05) is 0 Å². The SMILES string of the molecule is Nc1c(Nc2ccc(Cl)cc2)ncnc1Nc1ccc(Br)cc1F. The molecule has 0 bridgehead atoms. The minimum absolute atomic E-state index is 0.265. The topological polar surface area (TPSA) is 75.9 Å². The minimum atomic E-state index is -0.422. The summed E-state index contributed by atoms with van der Waals surface area (Å²) >= 11 is 9.07. The van der Waals surface area contributed by atoms with Crippen molar-refractivity contribution >= 4 is 56.2 Å². The first kappa shape index (κ1) is 16.5. The third kappa shape index (κ3) is 3.74. The van der Waals surface area contributed by atoms with Crippen molar-refractivity contribution in [3.8, 4) is 0 Å².